The summed E-state index contributed by atoms with van der Waals surface area (Å²) < 4.78 is 28.0. The van der Waals surface area contributed by atoms with Gasteiger partial charge in [-0.2, -0.15) is 4.68 Å². The predicted octanol–water partition coefficient (Wildman–Crippen LogP) is 3.59. The first-order valence-corrected chi connectivity index (χ1v) is 7.43. The van der Waals surface area contributed by atoms with E-state index in [1.165, 1.54) is 23.9 Å². The first kappa shape index (κ1) is 15.8. The molecule has 5 nitrogen and oxygen atoms in total. The third-order valence-electron chi connectivity index (χ3n) is 3.49. The van der Waals surface area contributed by atoms with E-state index in [0.717, 1.165) is 18.2 Å². The lowest BCUT2D eigenvalue weighted by atomic mass is 10.1. The smallest absolute Gasteiger partial charge is 0.181 e. The molecule has 1 heterocycles. The summed E-state index contributed by atoms with van der Waals surface area (Å²) in [5, 5.41) is 14.3. The zero-order chi connectivity index (χ0) is 16.9. The minimum absolute atomic E-state index is 0.166. The van der Waals surface area contributed by atoms with Gasteiger partial charge in [0.15, 0.2) is 5.82 Å². The Bertz CT molecular complexity index is 856. The number of hydrogen-bond acceptors (Lipinski definition) is 4. The van der Waals surface area contributed by atoms with Crippen LogP contribution in [0.3, 0.4) is 0 Å². The molecule has 0 spiro atoms. The fourth-order valence-electron chi connectivity index (χ4n) is 2.17. The van der Waals surface area contributed by atoms with Crippen LogP contribution >= 0.6 is 0 Å². The van der Waals surface area contributed by atoms with E-state index in [0.29, 0.717) is 5.82 Å². The quantitative estimate of drug-likeness (QED) is 0.778. The van der Waals surface area contributed by atoms with Crippen LogP contribution in [0.2, 0.25) is 0 Å². The summed E-state index contributed by atoms with van der Waals surface area (Å²) in [6.45, 7) is 2.08. The van der Waals surface area contributed by atoms with Crippen molar-refractivity contribution < 1.29 is 8.78 Å². The van der Waals surface area contributed by atoms with Gasteiger partial charge in [0.2, 0.25) is 0 Å². The summed E-state index contributed by atoms with van der Waals surface area (Å²) in [4.78, 5) is 0. The number of nitrogens with one attached hydrogen (secondary N) is 1. The largest absolute Gasteiger partial charge is 0.359 e. The Labute approximate surface area is 137 Å². The maximum Gasteiger partial charge on any atom is 0.181 e. The van der Waals surface area contributed by atoms with Gasteiger partial charge in [0.1, 0.15) is 11.6 Å². The number of rotatable bonds is 5. The summed E-state index contributed by atoms with van der Waals surface area (Å²) in [7, 11) is 0. The van der Waals surface area contributed by atoms with Crippen LogP contribution in [0.4, 0.5) is 14.5 Å². The summed E-state index contributed by atoms with van der Waals surface area (Å²) in [5.74, 6) is -0.815. The topological polar surface area (TPSA) is 55.6 Å². The fourth-order valence-corrected chi connectivity index (χ4v) is 2.17. The highest BCUT2D eigenvalue weighted by molar-refractivity contribution is 5.53. The Morgan fingerprint density at radius 2 is 1.92 bits per heavy atom. The standard InChI is InChI=1S/C17H15F2N5/c1-2-12-3-6-14(7-4-12)24-17(21-22-23-24)9-10-20-16-8-5-13(18)11-15(16)19/h3-11,20H,2H2,1H3. The van der Waals surface area contributed by atoms with Crippen LogP contribution < -0.4 is 5.32 Å². The van der Waals surface area contributed by atoms with E-state index in [1.807, 2.05) is 24.3 Å². The number of benzene rings is 2. The molecule has 0 aliphatic rings. The third-order valence-corrected chi connectivity index (χ3v) is 3.49. The molecule has 0 saturated heterocycles. The molecule has 0 fully saturated rings. The molecule has 0 atom stereocenters. The Morgan fingerprint density at radius 3 is 2.62 bits per heavy atom. The normalized spacial score (nSPS) is 11.1. The molecule has 0 saturated carbocycles. The lowest BCUT2D eigenvalue weighted by Crippen LogP contribution is -2.00. The maximum absolute atomic E-state index is 13.5. The lowest BCUT2D eigenvalue weighted by molar-refractivity contribution is 0.586. The highest BCUT2D eigenvalue weighted by atomic mass is 19.1. The van der Waals surface area contributed by atoms with Crippen molar-refractivity contribution in [1.29, 1.82) is 0 Å². The second kappa shape index (κ2) is 6.99. The summed E-state index contributed by atoms with van der Waals surface area (Å²) >= 11 is 0. The minimum Gasteiger partial charge on any atom is -0.359 e. The molecule has 0 bridgehead atoms. The van der Waals surface area contributed by atoms with Crippen LogP contribution in [0.25, 0.3) is 11.8 Å². The Balaban J connectivity index is 1.77. The van der Waals surface area contributed by atoms with Crippen molar-refractivity contribution in [3.63, 3.8) is 0 Å². The second-order valence-corrected chi connectivity index (χ2v) is 5.07. The number of tetrazole rings is 1. The van der Waals surface area contributed by atoms with E-state index in [9.17, 15) is 8.78 Å². The average molecular weight is 327 g/mol. The summed E-state index contributed by atoms with van der Waals surface area (Å²) in [5.41, 5.74) is 2.21. The van der Waals surface area contributed by atoms with E-state index >= 15 is 0 Å². The van der Waals surface area contributed by atoms with Gasteiger partial charge in [-0.1, -0.05) is 19.1 Å². The van der Waals surface area contributed by atoms with Crippen LogP contribution in [0.5, 0.6) is 0 Å². The van der Waals surface area contributed by atoms with Crippen LogP contribution in [-0.4, -0.2) is 20.2 Å². The number of hydrogen-bond donors (Lipinski definition) is 1. The summed E-state index contributed by atoms with van der Waals surface area (Å²) in [6, 6.07) is 11.2. The molecule has 122 valence electrons. The highest BCUT2D eigenvalue weighted by Gasteiger charge is 2.06. The van der Waals surface area contributed by atoms with E-state index in [2.05, 4.69) is 27.8 Å². The average Bonchev–Trinajstić information content (AvgIpc) is 3.05. The highest BCUT2D eigenvalue weighted by Crippen LogP contribution is 2.15. The van der Waals surface area contributed by atoms with Crippen molar-refractivity contribution in [2.45, 2.75) is 13.3 Å². The molecule has 0 unspecified atom stereocenters. The van der Waals surface area contributed by atoms with Crippen molar-refractivity contribution in [2.75, 3.05) is 5.32 Å². The van der Waals surface area contributed by atoms with Gasteiger partial charge >= 0.3 is 0 Å². The van der Waals surface area contributed by atoms with Gasteiger partial charge in [0, 0.05) is 18.3 Å². The van der Waals surface area contributed by atoms with Crippen molar-refractivity contribution in [1.82, 2.24) is 20.2 Å². The summed E-state index contributed by atoms with van der Waals surface area (Å²) in [6.07, 6.45) is 4.06. The molecule has 0 amide bonds. The molecule has 1 aromatic heterocycles. The monoisotopic (exact) mass is 327 g/mol. The SMILES string of the molecule is CCc1ccc(-n2nnnc2C=CNc2ccc(F)cc2F)cc1. The first-order chi connectivity index (χ1) is 11.7. The second-order valence-electron chi connectivity index (χ2n) is 5.07. The number of halogens is 2. The molecule has 3 rings (SSSR count). The van der Waals surface area contributed by atoms with Crippen LogP contribution in [0, 0.1) is 11.6 Å². The van der Waals surface area contributed by atoms with Crippen LogP contribution in [0.1, 0.15) is 18.3 Å². The number of nitrogens with zero attached hydrogens (tertiary/aromatic N) is 4. The molecule has 7 heteroatoms. The zero-order valence-corrected chi connectivity index (χ0v) is 12.9. The number of aromatic nitrogens is 4. The van der Waals surface area contributed by atoms with Gasteiger partial charge in [0.05, 0.1) is 11.4 Å². The molecular weight excluding hydrogens is 312 g/mol. The maximum atomic E-state index is 13.5. The van der Waals surface area contributed by atoms with E-state index in [-0.39, 0.29) is 5.69 Å². The molecule has 2 aromatic carbocycles. The van der Waals surface area contributed by atoms with Crippen molar-refractivity contribution in [3.8, 4) is 5.69 Å². The van der Waals surface area contributed by atoms with Gasteiger partial charge in [-0.3, -0.25) is 0 Å². The Hall–Kier alpha value is -3.09. The Kier molecular flexibility index (Phi) is 4.60. The Morgan fingerprint density at radius 1 is 1.12 bits per heavy atom. The van der Waals surface area contributed by atoms with Gasteiger partial charge in [0.25, 0.3) is 0 Å². The van der Waals surface area contributed by atoms with Crippen molar-refractivity contribution in [3.05, 3.63) is 71.7 Å². The third kappa shape index (κ3) is 3.45. The zero-order valence-electron chi connectivity index (χ0n) is 12.9. The first-order valence-electron chi connectivity index (χ1n) is 7.43. The molecule has 0 radical (unpaired) electrons. The van der Waals surface area contributed by atoms with E-state index in [4.69, 9.17) is 0 Å². The van der Waals surface area contributed by atoms with Crippen LogP contribution in [-0.2, 0) is 6.42 Å². The van der Waals surface area contributed by atoms with Gasteiger partial charge in [-0.25, -0.2) is 8.78 Å². The lowest BCUT2D eigenvalue weighted by Gasteiger charge is -2.04. The van der Waals surface area contributed by atoms with Crippen LogP contribution in [0.15, 0.2) is 48.7 Å². The van der Waals surface area contributed by atoms with Crippen molar-refractivity contribution >= 4 is 11.8 Å². The van der Waals surface area contributed by atoms with E-state index in [1.54, 1.807) is 10.8 Å². The van der Waals surface area contributed by atoms with E-state index < -0.39 is 11.6 Å². The molecular formula is C17H15F2N5. The molecule has 24 heavy (non-hydrogen) atoms. The van der Waals surface area contributed by atoms with Gasteiger partial charge < -0.3 is 5.32 Å². The van der Waals surface area contributed by atoms with Crippen molar-refractivity contribution in [2.24, 2.45) is 0 Å². The predicted molar refractivity (Wildman–Crippen MR) is 87.5 cm³/mol. The fraction of sp³-hybridized carbons (Fsp3) is 0.118. The molecule has 1 N–H and O–H groups in total. The van der Waals surface area contributed by atoms with Gasteiger partial charge in [-0.15, -0.1) is 5.10 Å². The minimum atomic E-state index is -0.672. The number of anilines is 1. The molecule has 0 aliphatic heterocycles. The van der Waals surface area contributed by atoms with Gasteiger partial charge in [-0.05, 0) is 46.7 Å². The molecule has 0 aliphatic carbocycles. The molecule has 3 aromatic rings. The number of aryl methyl sites for hydroxylation is 1.